The second kappa shape index (κ2) is 6.91. The topological polar surface area (TPSA) is 64.4 Å². The first kappa shape index (κ1) is 16.3. The molecule has 3 N–H and O–H groups in total. The van der Waals surface area contributed by atoms with Crippen LogP contribution in [0.25, 0.3) is 10.4 Å². The van der Waals surface area contributed by atoms with Gasteiger partial charge in [0.1, 0.15) is 11.9 Å². The predicted octanol–water partition coefficient (Wildman–Crippen LogP) is 3.47. The SMILES string of the molecule is CCCNC(=O)c1ccc(-c2cc(Cl)c3c(c2)C[C@H](CN)O3)s1. The Labute approximate surface area is 144 Å². The average Bonchev–Trinajstić information content (AvgIpc) is 3.19. The molecule has 0 saturated heterocycles. The number of rotatable bonds is 5. The number of carbonyl (C=O) groups is 1. The van der Waals surface area contributed by atoms with Gasteiger partial charge in [0.25, 0.3) is 5.91 Å². The monoisotopic (exact) mass is 350 g/mol. The van der Waals surface area contributed by atoms with E-state index in [0.29, 0.717) is 23.0 Å². The van der Waals surface area contributed by atoms with Crippen molar-refractivity contribution in [3.8, 4) is 16.2 Å². The smallest absolute Gasteiger partial charge is 0.261 e. The van der Waals surface area contributed by atoms with Gasteiger partial charge in [0.2, 0.25) is 0 Å². The van der Waals surface area contributed by atoms with Gasteiger partial charge in [0, 0.05) is 30.0 Å². The lowest BCUT2D eigenvalue weighted by Crippen LogP contribution is -2.24. The van der Waals surface area contributed by atoms with Crippen molar-refractivity contribution in [3.05, 3.63) is 39.7 Å². The minimum absolute atomic E-state index is 0.00327. The van der Waals surface area contributed by atoms with Gasteiger partial charge < -0.3 is 15.8 Å². The lowest BCUT2D eigenvalue weighted by Gasteiger charge is -2.07. The molecule has 0 fully saturated rings. The molecule has 0 radical (unpaired) electrons. The van der Waals surface area contributed by atoms with Crippen LogP contribution in [-0.2, 0) is 6.42 Å². The van der Waals surface area contributed by atoms with E-state index in [4.69, 9.17) is 22.1 Å². The molecule has 2 aromatic rings. The molecule has 23 heavy (non-hydrogen) atoms. The van der Waals surface area contributed by atoms with Gasteiger partial charge in [0.15, 0.2) is 0 Å². The van der Waals surface area contributed by atoms with Crippen LogP contribution in [0, 0.1) is 0 Å². The van der Waals surface area contributed by atoms with Crippen molar-refractivity contribution in [1.82, 2.24) is 5.32 Å². The number of nitrogens with two attached hydrogens (primary N) is 1. The zero-order valence-corrected chi connectivity index (χ0v) is 14.5. The van der Waals surface area contributed by atoms with E-state index < -0.39 is 0 Å². The molecule has 1 aliphatic heterocycles. The van der Waals surface area contributed by atoms with E-state index in [-0.39, 0.29) is 12.0 Å². The van der Waals surface area contributed by atoms with Gasteiger partial charge in [-0.15, -0.1) is 11.3 Å². The molecule has 1 amide bonds. The third-order valence-corrected chi connectivity index (χ3v) is 5.18. The first-order valence-corrected chi connectivity index (χ1v) is 8.89. The van der Waals surface area contributed by atoms with E-state index in [9.17, 15) is 4.79 Å². The zero-order valence-electron chi connectivity index (χ0n) is 12.9. The average molecular weight is 351 g/mol. The maximum Gasteiger partial charge on any atom is 0.261 e. The Hall–Kier alpha value is -1.56. The Morgan fingerprint density at radius 1 is 1.48 bits per heavy atom. The van der Waals surface area contributed by atoms with Gasteiger partial charge in [-0.05, 0) is 36.2 Å². The van der Waals surface area contributed by atoms with E-state index in [1.807, 2.05) is 25.1 Å². The highest BCUT2D eigenvalue weighted by Crippen LogP contribution is 2.40. The van der Waals surface area contributed by atoms with Crippen molar-refractivity contribution in [2.24, 2.45) is 5.73 Å². The van der Waals surface area contributed by atoms with Crippen molar-refractivity contribution in [2.45, 2.75) is 25.9 Å². The lowest BCUT2D eigenvalue weighted by molar-refractivity contribution is 0.0957. The molecule has 1 aliphatic rings. The van der Waals surface area contributed by atoms with E-state index in [0.717, 1.165) is 34.6 Å². The summed E-state index contributed by atoms with van der Waals surface area (Å²) in [5.41, 5.74) is 7.76. The number of nitrogens with one attached hydrogen (secondary N) is 1. The number of amides is 1. The summed E-state index contributed by atoms with van der Waals surface area (Å²) in [6, 6.07) is 7.78. The Balaban J connectivity index is 1.85. The van der Waals surface area contributed by atoms with Crippen LogP contribution in [0.4, 0.5) is 0 Å². The maximum atomic E-state index is 12.0. The summed E-state index contributed by atoms with van der Waals surface area (Å²) in [6.07, 6.45) is 1.69. The number of carbonyl (C=O) groups excluding carboxylic acids is 1. The van der Waals surface area contributed by atoms with Gasteiger partial charge in [-0.3, -0.25) is 4.79 Å². The molecule has 0 bridgehead atoms. The van der Waals surface area contributed by atoms with E-state index in [2.05, 4.69) is 11.4 Å². The number of benzene rings is 1. The Bertz CT molecular complexity index is 729. The highest BCUT2D eigenvalue weighted by molar-refractivity contribution is 7.17. The first-order valence-electron chi connectivity index (χ1n) is 7.70. The molecule has 1 atom stereocenters. The molecule has 0 unspecified atom stereocenters. The quantitative estimate of drug-likeness (QED) is 0.867. The summed E-state index contributed by atoms with van der Waals surface area (Å²) in [4.78, 5) is 13.8. The molecule has 1 aromatic heterocycles. The highest BCUT2D eigenvalue weighted by atomic mass is 35.5. The van der Waals surface area contributed by atoms with Crippen LogP contribution in [-0.4, -0.2) is 25.1 Å². The van der Waals surface area contributed by atoms with Gasteiger partial charge >= 0.3 is 0 Å². The summed E-state index contributed by atoms with van der Waals surface area (Å²) in [5, 5.41) is 3.49. The summed E-state index contributed by atoms with van der Waals surface area (Å²) in [7, 11) is 0. The molecule has 2 heterocycles. The molecule has 3 rings (SSSR count). The molecule has 6 heteroatoms. The molecule has 122 valence electrons. The zero-order chi connectivity index (χ0) is 16.4. The van der Waals surface area contributed by atoms with Gasteiger partial charge in [0.05, 0.1) is 9.90 Å². The van der Waals surface area contributed by atoms with E-state index in [1.54, 1.807) is 0 Å². The van der Waals surface area contributed by atoms with Crippen molar-refractivity contribution in [2.75, 3.05) is 13.1 Å². The van der Waals surface area contributed by atoms with Gasteiger partial charge in [-0.1, -0.05) is 18.5 Å². The fraction of sp³-hybridized carbons (Fsp3) is 0.353. The highest BCUT2D eigenvalue weighted by Gasteiger charge is 2.25. The van der Waals surface area contributed by atoms with Crippen molar-refractivity contribution in [1.29, 1.82) is 0 Å². The summed E-state index contributed by atoms with van der Waals surface area (Å²) >= 11 is 7.81. The summed E-state index contributed by atoms with van der Waals surface area (Å²) < 4.78 is 5.75. The minimum atomic E-state index is -0.0260. The van der Waals surface area contributed by atoms with Gasteiger partial charge in [-0.2, -0.15) is 0 Å². The first-order chi connectivity index (χ1) is 11.1. The molecule has 0 spiro atoms. The Morgan fingerprint density at radius 2 is 2.30 bits per heavy atom. The number of hydrogen-bond acceptors (Lipinski definition) is 4. The number of hydrogen-bond donors (Lipinski definition) is 2. The fourth-order valence-electron chi connectivity index (χ4n) is 2.60. The van der Waals surface area contributed by atoms with Crippen molar-refractivity contribution in [3.63, 3.8) is 0 Å². The number of thiophene rings is 1. The van der Waals surface area contributed by atoms with Crippen LogP contribution in [0.15, 0.2) is 24.3 Å². The second-order valence-corrected chi connectivity index (χ2v) is 7.04. The van der Waals surface area contributed by atoms with Crippen molar-refractivity contribution < 1.29 is 9.53 Å². The Kier molecular flexibility index (Phi) is 4.90. The number of fused-ring (bicyclic) bond motifs is 1. The summed E-state index contributed by atoms with van der Waals surface area (Å²) in [6.45, 7) is 3.19. The van der Waals surface area contributed by atoms with Crippen LogP contribution in [0.2, 0.25) is 5.02 Å². The van der Waals surface area contributed by atoms with Crippen LogP contribution >= 0.6 is 22.9 Å². The van der Waals surface area contributed by atoms with E-state index >= 15 is 0 Å². The molecular formula is C17H19ClN2O2S. The number of halogens is 1. The van der Waals surface area contributed by atoms with Crippen LogP contribution < -0.4 is 15.8 Å². The predicted molar refractivity (Wildman–Crippen MR) is 94.6 cm³/mol. The number of ether oxygens (including phenoxy) is 1. The normalized spacial score (nSPS) is 16.0. The van der Waals surface area contributed by atoms with Crippen LogP contribution in [0.1, 0.15) is 28.6 Å². The van der Waals surface area contributed by atoms with Crippen molar-refractivity contribution >= 4 is 28.8 Å². The third-order valence-electron chi connectivity index (χ3n) is 3.77. The molecule has 0 aliphatic carbocycles. The summed E-state index contributed by atoms with van der Waals surface area (Å²) in [5.74, 6) is 0.713. The minimum Gasteiger partial charge on any atom is -0.487 e. The van der Waals surface area contributed by atoms with Crippen LogP contribution in [0.3, 0.4) is 0 Å². The van der Waals surface area contributed by atoms with E-state index in [1.165, 1.54) is 11.3 Å². The molecule has 1 aromatic carbocycles. The molecule has 4 nitrogen and oxygen atoms in total. The molecule has 0 saturated carbocycles. The maximum absolute atomic E-state index is 12.0. The fourth-order valence-corrected chi connectivity index (χ4v) is 3.80. The largest absolute Gasteiger partial charge is 0.487 e. The second-order valence-electron chi connectivity index (χ2n) is 5.55. The van der Waals surface area contributed by atoms with Gasteiger partial charge in [-0.25, -0.2) is 0 Å². The molecular weight excluding hydrogens is 332 g/mol. The third kappa shape index (κ3) is 3.37. The van der Waals surface area contributed by atoms with Crippen LogP contribution in [0.5, 0.6) is 5.75 Å². The standard InChI is InChI=1S/C17H19ClN2O2S/c1-2-5-20-17(21)15-4-3-14(23-15)10-6-11-7-12(9-19)22-16(11)13(18)8-10/h3-4,6,8,12H,2,5,7,9,19H2,1H3,(H,20,21)/t12-/m1/s1. The Morgan fingerprint density at radius 3 is 3.04 bits per heavy atom. The lowest BCUT2D eigenvalue weighted by atomic mass is 10.1.